The summed E-state index contributed by atoms with van der Waals surface area (Å²) in [5.41, 5.74) is 6.85. The molecule has 0 spiro atoms. The molecule has 4 N–H and O–H groups in total. The van der Waals surface area contributed by atoms with Gasteiger partial charge in [-0.2, -0.15) is 5.10 Å². The number of aromatic amines is 1. The quantitative estimate of drug-likeness (QED) is 0.356. The lowest BCUT2D eigenvalue weighted by Gasteiger charge is -2.21. The Hall–Kier alpha value is -4.25. The maximum absolute atomic E-state index is 13.5. The SMILES string of the molecule is Cc1nnc(-c2c(N)ncnc2N[C@@H](C)c2cc3c(Cl)cccc3c(=O)n2-c2ccn[nH]2)o1. The van der Waals surface area contributed by atoms with Crippen LogP contribution in [-0.2, 0) is 0 Å². The number of fused-ring (bicyclic) bond motifs is 1. The summed E-state index contributed by atoms with van der Waals surface area (Å²) in [6.07, 6.45) is 2.91. The molecule has 0 bridgehead atoms. The summed E-state index contributed by atoms with van der Waals surface area (Å²) in [5, 5.41) is 19.6. The second-order valence-corrected chi connectivity index (χ2v) is 7.73. The monoisotopic (exact) mass is 463 g/mol. The highest BCUT2D eigenvalue weighted by molar-refractivity contribution is 6.35. The minimum absolute atomic E-state index is 0.177. The standard InChI is InChI=1S/C21H18ClN9O2/c1-10(27-19-17(18(23)24-9-25-19)20-30-28-11(2)33-20)15-8-13-12(4-3-5-14(13)22)21(32)31(15)16-6-7-26-29-16/h3-10H,1-2H3,(H,26,29)(H3,23,24,25,27)/t10-/m0/s1. The topological polar surface area (TPSA) is 153 Å². The molecule has 0 aliphatic heterocycles. The van der Waals surface area contributed by atoms with E-state index < -0.39 is 6.04 Å². The molecule has 5 aromatic rings. The second kappa shape index (κ2) is 8.02. The minimum atomic E-state index is -0.432. The molecule has 12 heteroatoms. The Morgan fingerprint density at radius 1 is 1.21 bits per heavy atom. The van der Waals surface area contributed by atoms with E-state index in [0.717, 1.165) is 0 Å². The van der Waals surface area contributed by atoms with Crippen LogP contribution in [0, 0.1) is 6.92 Å². The zero-order valence-corrected chi connectivity index (χ0v) is 18.3. The Bertz CT molecular complexity index is 1530. The second-order valence-electron chi connectivity index (χ2n) is 7.33. The molecule has 11 nitrogen and oxygen atoms in total. The summed E-state index contributed by atoms with van der Waals surface area (Å²) in [5.74, 6) is 1.63. The van der Waals surface area contributed by atoms with Gasteiger partial charge in [-0.15, -0.1) is 10.2 Å². The Morgan fingerprint density at radius 3 is 2.79 bits per heavy atom. The van der Waals surface area contributed by atoms with Crippen molar-refractivity contribution in [1.29, 1.82) is 0 Å². The molecule has 0 unspecified atom stereocenters. The number of pyridine rings is 1. The molecule has 0 amide bonds. The van der Waals surface area contributed by atoms with Crippen molar-refractivity contribution in [3.63, 3.8) is 0 Å². The Morgan fingerprint density at radius 2 is 2.06 bits per heavy atom. The Labute approximate surface area is 191 Å². The van der Waals surface area contributed by atoms with E-state index >= 15 is 0 Å². The fourth-order valence-corrected chi connectivity index (χ4v) is 3.89. The van der Waals surface area contributed by atoms with Crippen LogP contribution in [0.4, 0.5) is 11.6 Å². The first-order chi connectivity index (χ1) is 15.9. The number of halogens is 1. The van der Waals surface area contributed by atoms with Crippen molar-refractivity contribution < 1.29 is 4.42 Å². The first kappa shape index (κ1) is 20.6. The average molecular weight is 464 g/mol. The fourth-order valence-electron chi connectivity index (χ4n) is 3.66. The van der Waals surface area contributed by atoms with Gasteiger partial charge in [0.15, 0.2) is 0 Å². The van der Waals surface area contributed by atoms with Gasteiger partial charge in [0.25, 0.3) is 11.4 Å². The molecule has 4 aromatic heterocycles. The first-order valence-corrected chi connectivity index (χ1v) is 10.3. The van der Waals surface area contributed by atoms with Gasteiger partial charge in [0.1, 0.15) is 29.3 Å². The van der Waals surface area contributed by atoms with Gasteiger partial charge in [-0.1, -0.05) is 17.7 Å². The van der Waals surface area contributed by atoms with Crippen LogP contribution in [-0.4, -0.2) is 34.9 Å². The van der Waals surface area contributed by atoms with Crippen LogP contribution in [0.15, 0.2) is 52.1 Å². The van der Waals surface area contributed by atoms with E-state index in [-0.39, 0.29) is 17.3 Å². The Kier molecular flexibility index (Phi) is 5.02. The maximum atomic E-state index is 13.5. The van der Waals surface area contributed by atoms with Crippen LogP contribution >= 0.6 is 11.6 Å². The third kappa shape index (κ3) is 3.57. The fraction of sp³-hybridized carbons (Fsp3) is 0.143. The van der Waals surface area contributed by atoms with E-state index in [4.69, 9.17) is 21.8 Å². The zero-order valence-electron chi connectivity index (χ0n) is 17.6. The summed E-state index contributed by atoms with van der Waals surface area (Å²) in [7, 11) is 0. The molecular weight excluding hydrogens is 446 g/mol. The molecule has 0 fully saturated rings. The Balaban J connectivity index is 1.67. The molecule has 166 valence electrons. The summed E-state index contributed by atoms with van der Waals surface area (Å²) < 4.78 is 7.09. The predicted molar refractivity (Wildman–Crippen MR) is 123 cm³/mol. The van der Waals surface area contributed by atoms with Crippen molar-refractivity contribution in [3.8, 4) is 17.3 Å². The minimum Gasteiger partial charge on any atom is -0.421 e. The zero-order chi connectivity index (χ0) is 23.1. The third-order valence-corrected chi connectivity index (χ3v) is 5.51. The van der Waals surface area contributed by atoms with Crippen molar-refractivity contribution in [2.45, 2.75) is 19.9 Å². The van der Waals surface area contributed by atoms with Gasteiger partial charge < -0.3 is 15.5 Å². The van der Waals surface area contributed by atoms with E-state index in [0.29, 0.717) is 44.6 Å². The summed E-state index contributed by atoms with van der Waals surface area (Å²) in [4.78, 5) is 21.8. The summed E-state index contributed by atoms with van der Waals surface area (Å²) >= 11 is 6.42. The molecular formula is C21H18ClN9O2. The number of hydrogen-bond acceptors (Lipinski definition) is 9. The van der Waals surface area contributed by atoms with Gasteiger partial charge in [0, 0.05) is 28.8 Å². The number of anilines is 2. The van der Waals surface area contributed by atoms with Crippen molar-refractivity contribution in [2.75, 3.05) is 11.1 Å². The number of rotatable bonds is 5. The van der Waals surface area contributed by atoms with Crippen LogP contribution in [0.25, 0.3) is 28.0 Å². The highest BCUT2D eigenvalue weighted by Gasteiger charge is 2.22. The van der Waals surface area contributed by atoms with E-state index in [2.05, 4.69) is 35.7 Å². The highest BCUT2D eigenvalue weighted by Crippen LogP contribution is 2.33. The molecule has 0 aliphatic rings. The van der Waals surface area contributed by atoms with Gasteiger partial charge in [0.05, 0.1) is 17.9 Å². The number of nitrogen functional groups attached to an aromatic ring is 1. The van der Waals surface area contributed by atoms with Gasteiger partial charge >= 0.3 is 0 Å². The largest absolute Gasteiger partial charge is 0.421 e. The van der Waals surface area contributed by atoms with Crippen LogP contribution in [0.5, 0.6) is 0 Å². The van der Waals surface area contributed by atoms with Crippen LogP contribution in [0.2, 0.25) is 5.02 Å². The average Bonchev–Trinajstić information content (AvgIpc) is 3.46. The number of aryl methyl sites for hydroxylation is 1. The molecule has 1 atom stereocenters. The van der Waals surface area contributed by atoms with Crippen LogP contribution in [0.3, 0.4) is 0 Å². The summed E-state index contributed by atoms with van der Waals surface area (Å²) in [6.45, 7) is 3.56. The third-order valence-electron chi connectivity index (χ3n) is 5.18. The maximum Gasteiger partial charge on any atom is 0.264 e. The molecule has 0 saturated carbocycles. The lowest BCUT2D eigenvalue weighted by molar-refractivity contribution is 0.532. The van der Waals surface area contributed by atoms with E-state index in [9.17, 15) is 4.79 Å². The van der Waals surface area contributed by atoms with Crippen molar-refractivity contribution in [3.05, 3.63) is 69.8 Å². The number of hydrogen-bond donors (Lipinski definition) is 3. The van der Waals surface area contributed by atoms with Crippen LogP contribution in [0.1, 0.15) is 24.6 Å². The van der Waals surface area contributed by atoms with E-state index in [1.165, 1.54) is 6.33 Å². The van der Waals surface area contributed by atoms with Crippen molar-refractivity contribution >= 4 is 34.0 Å². The number of aromatic nitrogens is 7. The smallest absolute Gasteiger partial charge is 0.264 e. The number of nitrogens with zero attached hydrogens (tertiary/aromatic N) is 6. The molecule has 0 saturated heterocycles. The molecule has 0 radical (unpaired) electrons. The van der Waals surface area contributed by atoms with Gasteiger partial charge in [0.2, 0.25) is 5.89 Å². The summed E-state index contributed by atoms with van der Waals surface area (Å²) in [6, 6.07) is 8.36. The normalized spacial score (nSPS) is 12.2. The molecule has 1 aromatic carbocycles. The van der Waals surface area contributed by atoms with Gasteiger partial charge in [-0.3, -0.25) is 14.5 Å². The highest BCUT2D eigenvalue weighted by atomic mass is 35.5. The lowest BCUT2D eigenvalue weighted by Crippen LogP contribution is -2.26. The number of benzene rings is 1. The van der Waals surface area contributed by atoms with E-state index in [1.807, 2.05) is 13.0 Å². The van der Waals surface area contributed by atoms with E-state index in [1.54, 1.807) is 42.0 Å². The number of nitrogens with two attached hydrogens (primary N) is 1. The molecule has 5 rings (SSSR count). The molecule has 0 aliphatic carbocycles. The predicted octanol–water partition coefficient (Wildman–Crippen LogP) is 3.27. The lowest BCUT2D eigenvalue weighted by atomic mass is 10.1. The number of nitrogens with one attached hydrogen (secondary N) is 2. The van der Waals surface area contributed by atoms with Crippen LogP contribution < -0.4 is 16.6 Å². The molecule has 4 heterocycles. The van der Waals surface area contributed by atoms with Gasteiger partial charge in [-0.25, -0.2) is 9.97 Å². The van der Waals surface area contributed by atoms with Gasteiger partial charge in [-0.05, 0) is 25.1 Å². The van der Waals surface area contributed by atoms with Crippen molar-refractivity contribution in [2.24, 2.45) is 0 Å². The molecule has 33 heavy (non-hydrogen) atoms. The number of H-pyrrole nitrogens is 1. The van der Waals surface area contributed by atoms with Crippen molar-refractivity contribution in [1.82, 2.24) is 34.9 Å². The first-order valence-electron chi connectivity index (χ1n) is 9.95.